The Balaban J connectivity index is 2.67. The molecular weight excluding hydrogens is 192 g/mol. The molecule has 0 spiro atoms. The summed E-state index contributed by atoms with van der Waals surface area (Å²) in [7, 11) is 0. The fourth-order valence-corrected chi connectivity index (χ4v) is 1.30. The van der Waals surface area contributed by atoms with Crippen LogP contribution in [0.5, 0.6) is 0 Å². The Bertz CT molecular complexity index is 343. The van der Waals surface area contributed by atoms with E-state index in [0.29, 0.717) is 6.42 Å². The molecule has 3 heteroatoms. The molecule has 1 aromatic rings. The van der Waals surface area contributed by atoms with Crippen molar-refractivity contribution in [1.29, 1.82) is 0 Å². The maximum absolute atomic E-state index is 11.2. The number of rotatable bonds is 4. The van der Waals surface area contributed by atoms with E-state index in [9.17, 15) is 9.59 Å². The molecule has 1 aromatic carbocycles. The molecule has 80 valence electrons. The zero-order valence-corrected chi connectivity index (χ0v) is 8.90. The van der Waals surface area contributed by atoms with Crippen molar-refractivity contribution in [3.63, 3.8) is 0 Å². The third-order valence-electron chi connectivity index (χ3n) is 2.03. The molecular formula is C12H14O3. The van der Waals surface area contributed by atoms with E-state index in [1.807, 2.05) is 30.3 Å². The third-order valence-corrected chi connectivity index (χ3v) is 2.03. The smallest absolute Gasteiger partial charge is 0.303 e. The van der Waals surface area contributed by atoms with Crippen LogP contribution in [0.2, 0.25) is 0 Å². The van der Waals surface area contributed by atoms with Crippen LogP contribution in [0.25, 0.3) is 0 Å². The Kier molecular flexibility index (Phi) is 4.03. The molecule has 3 nitrogen and oxygen atoms in total. The molecule has 0 amide bonds. The van der Waals surface area contributed by atoms with Gasteiger partial charge in [-0.15, -0.1) is 0 Å². The van der Waals surface area contributed by atoms with Gasteiger partial charge in [-0.2, -0.15) is 0 Å². The molecule has 0 aliphatic carbocycles. The lowest BCUT2D eigenvalue weighted by molar-refractivity contribution is -0.152. The topological polar surface area (TPSA) is 43.4 Å². The zero-order valence-electron chi connectivity index (χ0n) is 8.90. The first-order chi connectivity index (χ1) is 7.09. The molecule has 0 fully saturated rings. The number of hydrogen-bond donors (Lipinski definition) is 0. The van der Waals surface area contributed by atoms with E-state index in [1.54, 1.807) is 0 Å². The first-order valence-electron chi connectivity index (χ1n) is 4.81. The minimum absolute atomic E-state index is 0.131. The molecule has 0 bridgehead atoms. The van der Waals surface area contributed by atoms with Crippen molar-refractivity contribution >= 4 is 11.8 Å². The minimum atomic E-state index is -0.662. The largest absolute Gasteiger partial charge is 0.454 e. The molecule has 0 saturated carbocycles. The summed E-state index contributed by atoms with van der Waals surface area (Å²) in [5, 5.41) is 0. The van der Waals surface area contributed by atoms with Crippen molar-refractivity contribution in [3.8, 4) is 0 Å². The van der Waals surface area contributed by atoms with Gasteiger partial charge in [-0.05, 0) is 12.5 Å². The second-order valence-corrected chi connectivity index (χ2v) is 3.40. The lowest BCUT2D eigenvalue weighted by atomic mass is 10.1. The fraction of sp³-hybridized carbons (Fsp3) is 0.333. The number of carbonyl (C=O) groups is 2. The quantitative estimate of drug-likeness (QED) is 0.705. The second-order valence-electron chi connectivity index (χ2n) is 3.40. The summed E-state index contributed by atoms with van der Waals surface area (Å²) in [6.45, 7) is 2.73. The maximum atomic E-state index is 11.2. The van der Waals surface area contributed by atoms with Crippen molar-refractivity contribution in [2.45, 2.75) is 26.4 Å². The van der Waals surface area contributed by atoms with Crippen LogP contribution in [-0.4, -0.2) is 17.9 Å². The maximum Gasteiger partial charge on any atom is 0.303 e. The van der Waals surface area contributed by atoms with Crippen LogP contribution >= 0.6 is 0 Å². The van der Waals surface area contributed by atoms with E-state index in [0.717, 1.165) is 5.56 Å². The molecule has 0 N–H and O–H groups in total. The summed E-state index contributed by atoms with van der Waals surface area (Å²) in [4.78, 5) is 22.0. The lowest BCUT2D eigenvalue weighted by Gasteiger charge is -2.13. The van der Waals surface area contributed by atoms with Crippen molar-refractivity contribution in [1.82, 2.24) is 0 Å². The number of benzene rings is 1. The van der Waals surface area contributed by atoms with Crippen LogP contribution in [0, 0.1) is 0 Å². The van der Waals surface area contributed by atoms with Gasteiger partial charge in [0.1, 0.15) is 0 Å². The summed E-state index contributed by atoms with van der Waals surface area (Å²) in [5.74, 6) is -0.555. The van der Waals surface area contributed by atoms with Gasteiger partial charge in [0.2, 0.25) is 0 Å². The zero-order chi connectivity index (χ0) is 11.3. The van der Waals surface area contributed by atoms with E-state index in [4.69, 9.17) is 4.74 Å². The van der Waals surface area contributed by atoms with Crippen LogP contribution in [0.15, 0.2) is 30.3 Å². The molecule has 0 saturated heterocycles. The van der Waals surface area contributed by atoms with Gasteiger partial charge in [0.05, 0.1) is 0 Å². The van der Waals surface area contributed by atoms with Crippen molar-refractivity contribution in [2.24, 2.45) is 0 Å². The standard InChI is InChI=1S/C12H14O3/c1-9(13)12(15-10(2)14)8-11-6-4-3-5-7-11/h3-7,12H,8H2,1-2H3. The summed E-state index contributed by atoms with van der Waals surface area (Å²) >= 11 is 0. The predicted octanol–water partition coefficient (Wildman–Crippen LogP) is 1.75. The van der Waals surface area contributed by atoms with Crippen molar-refractivity contribution in [3.05, 3.63) is 35.9 Å². The van der Waals surface area contributed by atoms with Gasteiger partial charge < -0.3 is 4.74 Å². The van der Waals surface area contributed by atoms with Crippen LogP contribution < -0.4 is 0 Å². The highest BCUT2D eigenvalue weighted by Gasteiger charge is 2.17. The average molecular weight is 206 g/mol. The van der Waals surface area contributed by atoms with Gasteiger partial charge >= 0.3 is 5.97 Å². The third kappa shape index (κ3) is 3.94. The molecule has 15 heavy (non-hydrogen) atoms. The molecule has 1 unspecified atom stereocenters. The number of ether oxygens (including phenoxy) is 1. The SMILES string of the molecule is CC(=O)OC(Cc1ccccc1)C(C)=O. The molecule has 1 rings (SSSR count). The van der Waals surface area contributed by atoms with E-state index in [-0.39, 0.29) is 5.78 Å². The van der Waals surface area contributed by atoms with E-state index < -0.39 is 12.1 Å². The van der Waals surface area contributed by atoms with Gasteiger partial charge in [0.15, 0.2) is 11.9 Å². The Labute approximate surface area is 89.1 Å². The Morgan fingerprint density at radius 1 is 1.20 bits per heavy atom. The highest BCUT2D eigenvalue weighted by molar-refractivity contribution is 5.83. The predicted molar refractivity (Wildman–Crippen MR) is 56.4 cm³/mol. The van der Waals surface area contributed by atoms with Crippen LogP contribution in [-0.2, 0) is 20.7 Å². The first-order valence-corrected chi connectivity index (χ1v) is 4.81. The molecule has 0 aromatic heterocycles. The normalized spacial score (nSPS) is 11.9. The Morgan fingerprint density at radius 2 is 1.80 bits per heavy atom. The Hall–Kier alpha value is -1.64. The summed E-state index contributed by atoms with van der Waals surface area (Å²) in [6, 6.07) is 9.48. The number of Topliss-reactive ketones (excluding diaryl/α,β-unsaturated/α-hetero) is 1. The van der Waals surface area contributed by atoms with Gasteiger partial charge in [-0.25, -0.2) is 0 Å². The minimum Gasteiger partial charge on any atom is -0.454 e. The molecule has 0 heterocycles. The summed E-state index contributed by atoms with van der Waals surface area (Å²) in [5.41, 5.74) is 0.985. The average Bonchev–Trinajstić information content (AvgIpc) is 2.17. The molecule has 0 aliphatic rings. The number of esters is 1. The van der Waals surface area contributed by atoms with Gasteiger partial charge in [0, 0.05) is 13.3 Å². The van der Waals surface area contributed by atoms with Gasteiger partial charge in [-0.3, -0.25) is 9.59 Å². The number of hydrogen-bond acceptors (Lipinski definition) is 3. The first kappa shape index (κ1) is 11.4. The van der Waals surface area contributed by atoms with Gasteiger partial charge in [0.25, 0.3) is 0 Å². The monoisotopic (exact) mass is 206 g/mol. The molecule has 0 aliphatic heterocycles. The van der Waals surface area contributed by atoms with E-state index in [1.165, 1.54) is 13.8 Å². The van der Waals surface area contributed by atoms with Crippen molar-refractivity contribution in [2.75, 3.05) is 0 Å². The molecule has 0 radical (unpaired) electrons. The van der Waals surface area contributed by atoms with Crippen molar-refractivity contribution < 1.29 is 14.3 Å². The number of ketones is 1. The lowest BCUT2D eigenvalue weighted by Crippen LogP contribution is -2.26. The van der Waals surface area contributed by atoms with E-state index >= 15 is 0 Å². The van der Waals surface area contributed by atoms with E-state index in [2.05, 4.69) is 0 Å². The van der Waals surface area contributed by atoms with Crippen LogP contribution in [0.1, 0.15) is 19.4 Å². The summed E-state index contributed by atoms with van der Waals surface area (Å²) < 4.78 is 4.93. The van der Waals surface area contributed by atoms with Crippen LogP contribution in [0.4, 0.5) is 0 Å². The summed E-state index contributed by atoms with van der Waals surface area (Å²) in [6.07, 6.45) is -0.222. The number of carbonyl (C=O) groups excluding carboxylic acids is 2. The highest BCUT2D eigenvalue weighted by Crippen LogP contribution is 2.07. The molecule has 1 atom stereocenters. The fourth-order valence-electron chi connectivity index (χ4n) is 1.30. The van der Waals surface area contributed by atoms with Crippen LogP contribution in [0.3, 0.4) is 0 Å². The Morgan fingerprint density at radius 3 is 2.27 bits per heavy atom. The second kappa shape index (κ2) is 5.29. The highest BCUT2D eigenvalue weighted by atomic mass is 16.5. The van der Waals surface area contributed by atoms with Gasteiger partial charge in [-0.1, -0.05) is 30.3 Å².